The van der Waals surface area contributed by atoms with E-state index in [-0.39, 0.29) is 18.4 Å². The number of aromatic nitrogens is 2. The fourth-order valence-electron chi connectivity index (χ4n) is 3.55. The lowest BCUT2D eigenvalue weighted by Gasteiger charge is -2.36. The minimum Gasteiger partial charge on any atom is -0.368 e. The summed E-state index contributed by atoms with van der Waals surface area (Å²) < 4.78 is 0. The van der Waals surface area contributed by atoms with E-state index in [9.17, 15) is 9.59 Å². The monoisotopic (exact) mass is 400 g/mol. The first-order chi connectivity index (χ1) is 13.6. The summed E-state index contributed by atoms with van der Waals surface area (Å²) in [5, 5.41) is 9.58. The number of nitrogens with zero attached hydrogens (tertiary/aromatic N) is 6. The highest BCUT2D eigenvalue weighted by molar-refractivity contribution is 7.19. The summed E-state index contributed by atoms with van der Waals surface area (Å²) in [7, 11) is 1.84. The zero-order chi connectivity index (χ0) is 19.5. The van der Waals surface area contributed by atoms with E-state index in [1.807, 2.05) is 35.0 Å². The van der Waals surface area contributed by atoms with Crippen molar-refractivity contribution in [3.63, 3.8) is 0 Å². The minimum atomic E-state index is 0.0872. The van der Waals surface area contributed by atoms with Crippen molar-refractivity contribution >= 4 is 39.1 Å². The first-order valence-corrected chi connectivity index (χ1v) is 10.4. The maximum absolute atomic E-state index is 12.7. The van der Waals surface area contributed by atoms with Crippen molar-refractivity contribution in [3.05, 3.63) is 30.3 Å². The Morgan fingerprint density at radius 3 is 2.54 bits per heavy atom. The Morgan fingerprint density at radius 1 is 1.11 bits per heavy atom. The molecule has 28 heavy (non-hydrogen) atoms. The second kappa shape index (κ2) is 8.14. The molecule has 148 valence electrons. The van der Waals surface area contributed by atoms with Gasteiger partial charge in [-0.05, 0) is 18.6 Å². The molecule has 4 rings (SSSR count). The molecule has 9 heteroatoms. The van der Waals surface area contributed by atoms with Gasteiger partial charge in [-0.15, -0.1) is 10.2 Å². The van der Waals surface area contributed by atoms with Crippen LogP contribution in [0, 0.1) is 0 Å². The number of benzene rings is 1. The third-order valence-electron chi connectivity index (χ3n) is 5.16. The highest BCUT2D eigenvalue weighted by Crippen LogP contribution is 2.29. The van der Waals surface area contributed by atoms with Gasteiger partial charge in [0.15, 0.2) is 0 Å². The van der Waals surface area contributed by atoms with Crippen LogP contribution in [-0.2, 0) is 9.59 Å². The van der Waals surface area contributed by atoms with Crippen molar-refractivity contribution in [3.8, 4) is 0 Å². The lowest BCUT2D eigenvalue weighted by Crippen LogP contribution is -2.51. The summed E-state index contributed by atoms with van der Waals surface area (Å²) >= 11 is 1.36. The Labute approximate surface area is 168 Å². The Kier molecular flexibility index (Phi) is 5.43. The first-order valence-electron chi connectivity index (χ1n) is 9.54. The Balaban J connectivity index is 1.30. The van der Waals surface area contributed by atoms with Crippen LogP contribution in [0.5, 0.6) is 0 Å². The van der Waals surface area contributed by atoms with Gasteiger partial charge in [-0.1, -0.05) is 29.5 Å². The van der Waals surface area contributed by atoms with Crippen LogP contribution < -0.4 is 14.7 Å². The molecular formula is C19H24N6O2S. The highest BCUT2D eigenvalue weighted by atomic mass is 32.1. The summed E-state index contributed by atoms with van der Waals surface area (Å²) in [6.45, 7) is 4.05. The molecule has 0 N–H and O–H groups in total. The number of carbonyl (C=O) groups is 2. The topological polar surface area (TPSA) is 72.9 Å². The summed E-state index contributed by atoms with van der Waals surface area (Å²) in [6, 6.07) is 10.3. The van der Waals surface area contributed by atoms with Gasteiger partial charge < -0.3 is 14.7 Å². The lowest BCUT2D eigenvalue weighted by molar-refractivity contribution is -0.130. The fraction of sp³-hybridized carbons (Fsp3) is 0.474. The van der Waals surface area contributed by atoms with Crippen molar-refractivity contribution in [2.45, 2.75) is 12.8 Å². The quantitative estimate of drug-likeness (QED) is 0.757. The molecule has 0 saturated carbocycles. The Morgan fingerprint density at radius 2 is 1.86 bits per heavy atom. The molecule has 0 atom stereocenters. The molecule has 2 fully saturated rings. The normalized spacial score (nSPS) is 17.3. The van der Waals surface area contributed by atoms with Gasteiger partial charge in [0.05, 0.1) is 6.54 Å². The van der Waals surface area contributed by atoms with Crippen molar-refractivity contribution in [2.24, 2.45) is 0 Å². The summed E-state index contributed by atoms with van der Waals surface area (Å²) in [4.78, 5) is 32.3. The molecule has 8 nitrogen and oxygen atoms in total. The van der Waals surface area contributed by atoms with E-state index in [0.717, 1.165) is 19.5 Å². The summed E-state index contributed by atoms with van der Waals surface area (Å²) in [5.74, 6) is 0.182. The zero-order valence-corrected chi connectivity index (χ0v) is 16.8. The lowest BCUT2D eigenvalue weighted by atomic mass is 10.2. The van der Waals surface area contributed by atoms with Gasteiger partial charge in [0.25, 0.3) is 0 Å². The van der Waals surface area contributed by atoms with Crippen LogP contribution in [0.3, 0.4) is 0 Å². The number of hydrogen-bond donors (Lipinski definition) is 0. The van der Waals surface area contributed by atoms with Crippen molar-refractivity contribution in [1.29, 1.82) is 0 Å². The molecule has 0 unspecified atom stereocenters. The van der Waals surface area contributed by atoms with Crippen LogP contribution in [0.15, 0.2) is 30.3 Å². The molecule has 1 aromatic heterocycles. The number of rotatable bonds is 5. The molecule has 1 aromatic carbocycles. The maximum Gasteiger partial charge on any atom is 0.242 e. The third kappa shape index (κ3) is 3.94. The molecule has 2 aliphatic heterocycles. The van der Waals surface area contributed by atoms with Crippen LogP contribution in [0.1, 0.15) is 12.8 Å². The average molecular weight is 401 g/mol. The van der Waals surface area contributed by atoms with E-state index in [1.54, 1.807) is 4.90 Å². The van der Waals surface area contributed by atoms with Gasteiger partial charge in [-0.25, -0.2) is 0 Å². The molecule has 2 aliphatic rings. The van der Waals surface area contributed by atoms with Crippen molar-refractivity contribution < 1.29 is 9.59 Å². The average Bonchev–Trinajstić information content (AvgIpc) is 3.37. The predicted molar refractivity (Wildman–Crippen MR) is 110 cm³/mol. The number of likely N-dealkylation sites (N-methyl/N-ethyl adjacent to an activating group) is 1. The molecule has 2 saturated heterocycles. The van der Waals surface area contributed by atoms with Gasteiger partial charge in [0.1, 0.15) is 0 Å². The van der Waals surface area contributed by atoms with E-state index < -0.39 is 0 Å². The molecule has 0 spiro atoms. The molecule has 2 aromatic rings. The van der Waals surface area contributed by atoms with Crippen LogP contribution in [0.4, 0.5) is 16.0 Å². The van der Waals surface area contributed by atoms with Crippen molar-refractivity contribution in [1.82, 2.24) is 15.1 Å². The number of para-hydroxylation sites is 1. The number of amides is 2. The van der Waals surface area contributed by atoms with Crippen LogP contribution in [0.2, 0.25) is 0 Å². The second-order valence-corrected chi connectivity index (χ2v) is 8.01. The fourth-order valence-corrected chi connectivity index (χ4v) is 4.40. The summed E-state index contributed by atoms with van der Waals surface area (Å²) in [6.07, 6.45) is 1.43. The van der Waals surface area contributed by atoms with Crippen LogP contribution in [-0.4, -0.2) is 73.2 Å². The van der Waals surface area contributed by atoms with Gasteiger partial charge in [-0.2, -0.15) is 0 Å². The predicted octanol–water partition coefficient (Wildman–Crippen LogP) is 1.45. The SMILES string of the molecule is CN(CC(=O)N1CCN(c2ccccc2)CC1)c1nnc(N2CCCC2=O)s1. The molecule has 0 radical (unpaired) electrons. The number of piperazine rings is 1. The smallest absolute Gasteiger partial charge is 0.242 e. The third-order valence-corrected chi connectivity index (χ3v) is 6.22. The molecule has 0 bridgehead atoms. The van der Waals surface area contributed by atoms with E-state index >= 15 is 0 Å². The Bertz CT molecular complexity index is 834. The van der Waals surface area contributed by atoms with Crippen LogP contribution >= 0.6 is 11.3 Å². The standard InChI is InChI=1S/C19H24N6O2S/c1-22(18-20-21-19(28-18)25-9-5-8-16(25)26)14-17(27)24-12-10-23(11-13-24)15-6-3-2-4-7-15/h2-4,6-7H,5,8-14H2,1H3. The summed E-state index contributed by atoms with van der Waals surface area (Å²) in [5.41, 5.74) is 1.20. The number of anilines is 3. The Hall–Kier alpha value is -2.68. The first kappa shape index (κ1) is 18.7. The molecule has 0 aliphatic carbocycles. The van der Waals surface area contributed by atoms with E-state index in [4.69, 9.17) is 0 Å². The molecular weight excluding hydrogens is 376 g/mol. The van der Waals surface area contributed by atoms with Gasteiger partial charge >= 0.3 is 0 Å². The van der Waals surface area contributed by atoms with E-state index in [2.05, 4.69) is 27.2 Å². The number of carbonyl (C=O) groups excluding carboxylic acids is 2. The second-order valence-electron chi connectivity index (χ2n) is 7.08. The van der Waals surface area contributed by atoms with E-state index in [0.29, 0.717) is 36.3 Å². The molecule has 2 amide bonds. The van der Waals surface area contributed by atoms with Crippen molar-refractivity contribution in [2.75, 3.05) is 61.0 Å². The van der Waals surface area contributed by atoms with Gasteiger partial charge in [-0.3, -0.25) is 14.5 Å². The van der Waals surface area contributed by atoms with Gasteiger partial charge in [0.2, 0.25) is 22.1 Å². The zero-order valence-electron chi connectivity index (χ0n) is 16.0. The maximum atomic E-state index is 12.7. The van der Waals surface area contributed by atoms with Gasteiger partial charge in [0, 0.05) is 51.9 Å². The number of hydrogen-bond acceptors (Lipinski definition) is 7. The highest BCUT2D eigenvalue weighted by Gasteiger charge is 2.27. The molecule has 3 heterocycles. The largest absolute Gasteiger partial charge is 0.368 e. The minimum absolute atomic E-state index is 0.0872. The van der Waals surface area contributed by atoms with Crippen LogP contribution in [0.25, 0.3) is 0 Å². The van der Waals surface area contributed by atoms with E-state index in [1.165, 1.54) is 17.0 Å².